The molecule has 0 spiro atoms. The molecule has 0 aliphatic heterocycles. The summed E-state index contributed by atoms with van der Waals surface area (Å²) in [6.07, 6.45) is 4.53. The highest BCUT2D eigenvalue weighted by Crippen LogP contribution is 2.25. The standard InChI is InChI=1S/C26H25BrClN3O2/c27-20-12-14-21(15-13-20)30-26(33)22(4-3-17-28)19-10-7-18(8-11-19)9-16-25(32)31-24-6-2-1-5-23(24)29/h1-2,5-16,22H,3-4,17,29H2,(H,30,33)(H,31,32)/b16-9+. The van der Waals surface area contributed by atoms with E-state index in [1.165, 1.54) is 6.08 Å². The predicted octanol–water partition coefficient (Wildman–Crippen LogP) is 6.42. The molecule has 5 nitrogen and oxygen atoms in total. The van der Waals surface area contributed by atoms with Gasteiger partial charge in [-0.15, -0.1) is 11.6 Å². The monoisotopic (exact) mass is 525 g/mol. The molecular formula is C26H25BrClN3O2. The number of halogens is 2. The van der Waals surface area contributed by atoms with Crippen molar-refractivity contribution in [3.8, 4) is 0 Å². The van der Waals surface area contributed by atoms with Crippen molar-refractivity contribution in [3.63, 3.8) is 0 Å². The third-order valence-electron chi connectivity index (χ3n) is 5.04. The molecule has 3 aromatic carbocycles. The molecule has 170 valence electrons. The van der Waals surface area contributed by atoms with Gasteiger partial charge in [0.05, 0.1) is 17.3 Å². The Bertz CT molecular complexity index is 1120. The second-order valence-electron chi connectivity index (χ2n) is 7.46. The molecule has 0 heterocycles. The quantitative estimate of drug-likeness (QED) is 0.171. The lowest BCUT2D eigenvalue weighted by molar-refractivity contribution is -0.117. The summed E-state index contributed by atoms with van der Waals surface area (Å²) in [5, 5.41) is 5.73. The van der Waals surface area contributed by atoms with Gasteiger partial charge in [0.15, 0.2) is 0 Å². The molecule has 0 aromatic heterocycles. The van der Waals surface area contributed by atoms with Crippen LogP contribution in [0.15, 0.2) is 83.3 Å². The van der Waals surface area contributed by atoms with E-state index >= 15 is 0 Å². The van der Waals surface area contributed by atoms with Crippen LogP contribution < -0.4 is 16.4 Å². The highest BCUT2D eigenvalue weighted by molar-refractivity contribution is 9.10. The number of anilines is 3. The van der Waals surface area contributed by atoms with Gasteiger partial charge in [0.2, 0.25) is 11.8 Å². The zero-order valence-electron chi connectivity index (χ0n) is 17.9. The maximum atomic E-state index is 13.0. The average molecular weight is 527 g/mol. The van der Waals surface area contributed by atoms with Crippen molar-refractivity contribution in [3.05, 3.63) is 94.5 Å². The van der Waals surface area contributed by atoms with Crippen molar-refractivity contribution in [2.75, 3.05) is 22.2 Å². The first-order valence-corrected chi connectivity index (χ1v) is 11.8. The Balaban J connectivity index is 1.67. The van der Waals surface area contributed by atoms with Gasteiger partial charge in [0.1, 0.15) is 0 Å². The molecule has 1 unspecified atom stereocenters. The van der Waals surface area contributed by atoms with Gasteiger partial charge in [-0.1, -0.05) is 52.3 Å². The first kappa shape index (κ1) is 24.6. The van der Waals surface area contributed by atoms with Gasteiger partial charge >= 0.3 is 0 Å². The van der Waals surface area contributed by atoms with Crippen molar-refractivity contribution >= 4 is 62.5 Å². The lowest BCUT2D eigenvalue weighted by Crippen LogP contribution is -2.21. The Morgan fingerprint density at radius 2 is 1.67 bits per heavy atom. The summed E-state index contributed by atoms with van der Waals surface area (Å²) in [5.74, 6) is -0.185. The minimum atomic E-state index is -0.324. The third-order valence-corrected chi connectivity index (χ3v) is 5.84. The number of nitrogens with one attached hydrogen (secondary N) is 2. The normalized spacial score (nSPS) is 11.8. The third kappa shape index (κ3) is 7.48. The van der Waals surface area contributed by atoms with Gasteiger partial charge in [-0.25, -0.2) is 0 Å². The Hall–Kier alpha value is -3.09. The van der Waals surface area contributed by atoms with Crippen molar-refractivity contribution < 1.29 is 9.59 Å². The van der Waals surface area contributed by atoms with E-state index in [1.54, 1.807) is 18.2 Å². The number of nitrogen functional groups attached to an aromatic ring is 1. The maximum Gasteiger partial charge on any atom is 0.248 e. The number of rotatable bonds is 9. The molecule has 7 heteroatoms. The lowest BCUT2D eigenvalue weighted by Gasteiger charge is -2.17. The molecule has 0 aliphatic carbocycles. The van der Waals surface area contributed by atoms with Crippen LogP contribution in [0.3, 0.4) is 0 Å². The molecule has 0 bridgehead atoms. The minimum absolute atomic E-state index is 0.0782. The summed E-state index contributed by atoms with van der Waals surface area (Å²) >= 11 is 9.28. The first-order chi connectivity index (χ1) is 16.0. The SMILES string of the molecule is Nc1ccccc1NC(=O)/C=C/c1ccc(C(CCCCl)C(=O)Nc2ccc(Br)cc2)cc1. The fourth-order valence-electron chi connectivity index (χ4n) is 3.29. The Labute approximate surface area is 207 Å². The van der Waals surface area contributed by atoms with Crippen molar-refractivity contribution in [2.24, 2.45) is 0 Å². The van der Waals surface area contributed by atoms with E-state index in [4.69, 9.17) is 17.3 Å². The molecule has 0 aliphatic rings. The molecule has 0 radical (unpaired) electrons. The summed E-state index contributed by atoms with van der Waals surface area (Å²) in [7, 11) is 0. The highest BCUT2D eigenvalue weighted by atomic mass is 79.9. The number of nitrogens with two attached hydrogens (primary N) is 1. The van der Waals surface area contributed by atoms with E-state index in [-0.39, 0.29) is 17.7 Å². The topological polar surface area (TPSA) is 84.2 Å². The molecule has 2 amide bonds. The van der Waals surface area contributed by atoms with E-state index in [1.807, 2.05) is 60.7 Å². The van der Waals surface area contributed by atoms with Crippen LogP contribution in [-0.2, 0) is 9.59 Å². The van der Waals surface area contributed by atoms with Crippen LogP contribution in [0.1, 0.15) is 29.9 Å². The minimum Gasteiger partial charge on any atom is -0.397 e. The van der Waals surface area contributed by atoms with Gasteiger partial charge in [-0.05, 0) is 66.4 Å². The molecule has 33 heavy (non-hydrogen) atoms. The van der Waals surface area contributed by atoms with E-state index in [2.05, 4.69) is 26.6 Å². The van der Waals surface area contributed by atoms with E-state index in [0.29, 0.717) is 23.7 Å². The lowest BCUT2D eigenvalue weighted by atomic mass is 9.92. The first-order valence-electron chi connectivity index (χ1n) is 10.5. The largest absolute Gasteiger partial charge is 0.397 e. The average Bonchev–Trinajstić information content (AvgIpc) is 2.82. The van der Waals surface area contributed by atoms with Crippen LogP contribution in [0.5, 0.6) is 0 Å². The maximum absolute atomic E-state index is 13.0. The summed E-state index contributed by atoms with van der Waals surface area (Å²) in [4.78, 5) is 25.2. The van der Waals surface area contributed by atoms with Gasteiger partial charge < -0.3 is 16.4 Å². The van der Waals surface area contributed by atoms with Crippen LogP contribution >= 0.6 is 27.5 Å². The van der Waals surface area contributed by atoms with Crippen LogP contribution in [-0.4, -0.2) is 17.7 Å². The van der Waals surface area contributed by atoms with Crippen LogP contribution in [0, 0.1) is 0 Å². The summed E-state index contributed by atoms with van der Waals surface area (Å²) in [6, 6.07) is 22.1. The molecule has 1 atom stereocenters. The van der Waals surface area contributed by atoms with E-state index in [9.17, 15) is 9.59 Å². The number of carbonyl (C=O) groups is 2. The fraction of sp³-hybridized carbons (Fsp3) is 0.154. The number of hydrogen-bond donors (Lipinski definition) is 3. The van der Waals surface area contributed by atoms with Gasteiger partial charge in [-0.2, -0.15) is 0 Å². The summed E-state index contributed by atoms with van der Waals surface area (Å²) in [6.45, 7) is 0. The number of hydrogen-bond acceptors (Lipinski definition) is 3. The van der Waals surface area contributed by atoms with Crippen LogP contribution in [0.2, 0.25) is 0 Å². The smallest absolute Gasteiger partial charge is 0.248 e. The second-order valence-corrected chi connectivity index (χ2v) is 8.75. The summed E-state index contributed by atoms with van der Waals surface area (Å²) in [5.41, 5.74) is 9.41. The molecule has 3 aromatic rings. The van der Waals surface area contributed by atoms with Crippen molar-refractivity contribution in [1.29, 1.82) is 0 Å². The molecule has 0 fully saturated rings. The number of para-hydroxylation sites is 2. The second kappa shape index (κ2) is 12.2. The van der Waals surface area contributed by atoms with E-state index in [0.717, 1.165) is 27.7 Å². The van der Waals surface area contributed by atoms with Crippen molar-refractivity contribution in [2.45, 2.75) is 18.8 Å². The Morgan fingerprint density at radius 3 is 2.33 bits per heavy atom. The number of alkyl halides is 1. The molecular weight excluding hydrogens is 502 g/mol. The van der Waals surface area contributed by atoms with Gasteiger partial charge in [0.25, 0.3) is 0 Å². The molecule has 4 N–H and O–H groups in total. The van der Waals surface area contributed by atoms with Crippen LogP contribution in [0.4, 0.5) is 17.1 Å². The molecule has 0 saturated heterocycles. The number of amides is 2. The zero-order valence-corrected chi connectivity index (χ0v) is 20.3. The zero-order chi connectivity index (χ0) is 23.6. The predicted molar refractivity (Wildman–Crippen MR) is 140 cm³/mol. The Kier molecular flexibility index (Phi) is 9.10. The number of benzene rings is 3. The van der Waals surface area contributed by atoms with Gasteiger partial charge in [-0.3, -0.25) is 9.59 Å². The summed E-state index contributed by atoms with van der Waals surface area (Å²) < 4.78 is 0.948. The van der Waals surface area contributed by atoms with Gasteiger partial charge in [0, 0.05) is 22.1 Å². The molecule has 0 saturated carbocycles. The van der Waals surface area contributed by atoms with Crippen molar-refractivity contribution in [1.82, 2.24) is 0 Å². The highest BCUT2D eigenvalue weighted by Gasteiger charge is 2.20. The number of carbonyl (C=O) groups excluding carboxylic acids is 2. The fourth-order valence-corrected chi connectivity index (χ4v) is 3.71. The Morgan fingerprint density at radius 1 is 0.970 bits per heavy atom. The molecule has 3 rings (SSSR count). The van der Waals surface area contributed by atoms with E-state index < -0.39 is 0 Å². The van der Waals surface area contributed by atoms with Crippen LogP contribution in [0.25, 0.3) is 6.08 Å².